The number of aliphatic hydroxyl groups is 1. The van der Waals surface area contributed by atoms with Gasteiger partial charge in [-0.2, -0.15) is 0 Å². The Labute approximate surface area is 141 Å². The van der Waals surface area contributed by atoms with Crippen LogP contribution in [0.2, 0.25) is 0 Å². The fraction of sp³-hybridized carbons (Fsp3) is 0.647. The first kappa shape index (κ1) is 17.0. The average Bonchev–Trinajstić information content (AvgIpc) is 2.81. The molecule has 0 aromatic carbocycles. The van der Waals surface area contributed by atoms with E-state index >= 15 is 0 Å². The number of rotatable bonds is 1. The Balaban J connectivity index is 1.81. The topological polar surface area (TPSA) is 65.9 Å². The number of carbonyl (C=O) groups is 1. The summed E-state index contributed by atoms with van der Waals surface area (Å²) < 4.78 is 19.4. The summed E-state index contributed by atoms with van der Waals surface area (Å²) >= 11 is 0. The number of pyridine rings is 1. The van der Waals surface area contributed by atoms with Crippen LogP contribution >= 0.6 is 0 Å². The van der Waals surface area contributed by atoms with Crippen molar-refractivity contribution in [2.45, 2.75) is 58.4 Å². The molecule has 6 nitrogen and oxygen atoms in total. The number of halogens is 1. The van der Waals surface area contributed by atoms with Gasteiger partial charge in [-0.15, -0.1) is 0 Å². The van der Waals surface area contributed by atoms with E-state index in [0.29, 0.717) is 19.5 Å². The number of carbonyl (C=O) groups excluding carboxylic acids is 1. The maximum Gasteiger partial charge on any atom is 0.410 e. The highest BCUT2D eigenvalue weighted by Gasteiger charge is 2.41. The molecule has 0 radical (unpaired) electrons. The molecule has 0 saturated carbocycles. The first-order valence-electron chi connectivity index (χ1n) is 8.25. The number of ether oxygens (including phenoxy) is 1. The molecule has 24 heavy (non-hydrogen) atoms. The second-order valence-corrected chi connectivity index (χ2v) is 7.56. The second-order valence-electron chi connectivity index (χ2n) is 7.56. The lowest BCUT2D eigenvalue weighted by Gasteiger charge is -2.43. The zero-order chi connectivity index (χ0) is 17.6. The van der Waals surface area contributed by atoms with Crippen molar-refractivity contribution < 1.29 is 19.0 Å². The van der Waals surface area contributed by atoms with Gasteiger partial charge in [-0.1, -0.05) is 0 Å². The minimum Gasteiger partial charge on any atom is -0.444 e. The summed E-state index contributed by atoms with van der Waals surface area (Å²) in [6, 6.07) is 1.55. The van der Waals surface area contributed by atoms with Crippen LogP contribution in [-0.2, 0) is 17.8 Å². The van der Waals surface area contributed by atoms with E-state index in [-0.39, 0.29) is 23.9 Å². The maximum atomic E-state index is 13.9. The van der Waals surface area contributed by atoms with Crippen molar-refractivity contribution in [1.82, 2.24) is 9.88 Å². The number of amides is 1. The number of piperazine rings is 1. The summed E-state index contributed by atoms with van der Waals surface area (Å²) in [7, 11) is 0. The molecular weight excluding hydrogens is 313 g/mol. The predicted molar refractivity (Wildman–Crippen MR) is 87.4 cm³/mol. The smallest absolute Gasteiger partial charge is 0.410 e. The number of anilines is 1. The quantitative estimate of drug-likeness (QED) is 0.850. The molecule has 7 heteroatoms. The minimum absolute atomic E-state index is 0.0435. The number of fused-ring (bicyclic) bond motifs is 3. The Bertz CT molecular complexity index is 659. The van der Waals surface area contributed by atoms with Gasteiger partial charge >= 0.3 is 6.09 Å². The summed E-state index contributed by atoms with van der Waals surface area (Å²) in [6.45, 7) is 8.18. The van der Waals surface area contributed by atoms with Crippen LogP contribution in [0.5, 0.6) is 0 Å². The van der Waals surface area contributed by atoms with Crippen LogP contribution < -0.4 is 4.90 Å². The molecule has 0 aliphatic carbocycles. The van der Waals surface area contributed by atoms with E-state index in [1.165, 1.54) is 6.07 Å². The first-order chi connectivity index (χ1) is 11.2. The summed E-state index contributed by atoms with van der Waals surface area (Å²) in [5.41, 5.74) is 0.361. The van der Waals surface area contributed by atoms with E-state index in [4.69, 9.17) is 4.74 Å². The second kappa shape index (κ2) is 5.88. The Morgan fingerprint density at radius 1 is 1.46 bits per heavy atom. The summed E-state index contributed by atoms with van der Waals surface area (Å²) in [5.74, 6) is 0.245. The molecule has 0 bridgehead atoms. The van der Waals surface area contributed by atoms with Crippen LogP contribution in [0, 0.1) is 5.82 Å². The average molecular weight is 337 g/mol. The number of hydrogen-bond donors (Lipinski definition) is 1. The predicted octanol–water partition coefficient (Wildman–Crippen LogP) is 2.08. The third-order valence-electron chi connectivity index (χ3n) is 4.39. The van der Waals surface area contributed by atoms with Crippen LogP contribution in [0.15, 0.2) is 6.07 Å². The van der Waals surface area contributed by atoms with Gasteiger partial charge in [-0.25, -0.2) is 14.2 Å². The summed E-state index contributed by atoms with van der Waals surface area (Å²) in [6.07, 6.45) is 0.314. The Hall–Kier alpha value is -1.89. The lowest BCUT2D eigenvalue weighted by Crippen LogP contribution is -2.58. The lowest BCUT2D eigenvalue weighted by molar-refractivity contribution is 0.0191. The molecule has 0 spiro atoms. The van der Waals surface area contributed by atoms with E-state index in [2.05, 4.69) is 9.88 Å². The Morgan fingerprint density at radius 3 is 2.79 bits per heavy atom. The SMILES string of the molecule is CC1CN(C(=O)OC(C)(C)C)CC2Cc3cc(F)c(CO)nc3N12. The largest absolute Gasteiger partial charge is 0.444 e. The van der Waals surface area contributed by atoms with Crippen LogP contribution in [-0.4, -0.2) is 51.9 Å². The highest BCUT2D eigenvalue weighted by atomic mass is 19.1. The van der Waals surface area contributed by atoms with Crippen LogP contribution in [0.4, 0.5) is 15.0 Å². The van der Waals surface area contributed by atoms with Gasteiger partial charge in [-0.05, 0) is 45.7 Å². The van der Waals surface area contributed by atoms with E-state index in [1.807, 2.05) is 27.7 Å². The number of nitrogens with zero attached hydrogens (tertiary/aromatic N) is 3. The summed E-state index contributed by atoms with van der Waals surface area (Å²) in [5, 5.41) is 9.24. The van der Waals surface area contributed by atoms with Crippen molar-refractivity contribution in [2.24, 2.45) is 0 Å². The van der Waals surface area contributed by atoms with Gasteiger partial charge in [0.15, 0.2) is 0 Å². The van der Waals surface area contributed by atoms with Gasteiger partial charge in [0, 0.05) is 19.1 Å². The number of aliphatic hydroxyl groups excluding tert-OH is 1. The summed E-state index contributed by atoms with van der Waals surface area (Å²) in [4.78, 5) is 20.5. The van der Waals surface area contributed by atoms with Gasteiger partial charge in [-0.3, -0.25) is 0 Å². The lowest BCUT2D eigenvalue weighted by atomic mass is 10.1. The zero-order valence-corrected chi connectivity index (χ0v) is 14.5. The molecule has 1 aromatic heterocycles. The molecule has 2 aliphatic heterocycles. The molecule has 1 saturated heterocycles. The minimum atomic E-state index is -0.531. The van der Waals surface area contributed by atoms with Crippen LogP contribution in [0.1, 0.15) is 39.0 Å². The van der Waals surface area contributed by atoms with Gasteiger partial charge in [0.25, 0.3) is 0 Å². The van der Waals surface area contributed by atoms with E-state index in [0.717, 1.165) is 11.4 Å². The molecule has 132 valence electrons. The van der Waals surface area contributed by atoms with E-state index in [9.17, 15) is 14.3 Å². The van der Waals surface area contributed by atoms with Gasteiger partial charge in [0.1, 0.15) is 22.9 Å². The highest BCUT2D eigenvalue weighted by Crippen LogP contribution is 2.36. The van der Waals surface area contributed by atoms with Gasteiger partial charge in [0.05, 0.1) is 12.6 Å². The van der Waals surface area contributed by atoms with Crippen LogP contribution in [0.25, 0.3) is 0 Å². The molecule has 2 aliphatic rings. The van der Waals surface area contributed by atoms with Crippen molar-refractivity contribution in [2.75, 3.05) is 18.0 Å². The first-order valence-corrected chi connectivity index (χ1v) is 8.25. The number of hydrogen-bond acceptors (Lipinski definition) is 5. The normalized spacial score (nSPS) is 23.1. The van der Waals surface area contributed by atoms with Gasteiger partial charge in [0.2, 0.25) is 0 Å². The molecule has 3 heterocycles. The van der Waals surface area contributed by atoms with E-state index < -0.39 is 18.0 Å². The monoisotopic (exact) mass is 337 g/mol. The van der Waals surface area contributed by atoms with Crippen molar-refractivity contribution in [3.8, 4) is 0 Å². The van der Waals surface area contributed by atoms with E-state index in [1.54, 1.807) is 4.90 Å². The molecule has 2 unspecified atom stereocenters. The van der Waals surface area contributed by atoms with Crippen molar-refractivity contribution in [3.05, 3.63) is 23.1 Å². The molecule has 2 atom stereocenters. The van der Waals surface area contributed by atoms with Crippen LogP contribution in [0.3, 0.4) is 0 Å². The highest BCUT2D eigenvalue weighted by molar-refractivity contribution is 5.69. The zero-order valence-electron chi connectivity index (χ0n) is 14.5. The fourth-order valence-corrected chi connectivity index (χ4v) is 3.50. The Kier molecular flexibility index (Phi) is 4.15. The molecule has 1 fully saturated rings. The standard InChI is InChI=1S/C17H24FN3O3/c1-10-7-20(16(23)24-17(2,3)4)8-12-5-11-6-13(18)14(9-22)19-15(11)21(10)12/h6,10,12,22H,5,7-9H2,1-4H3. The molecule has 1 N–H and O–H groups in total. The third-order valence-corrected chi connectivity index (χ3v) is 4.39. The molecule has 1 amide bonds. The Morgan fingerprint density at radius 2 is 2.17 bits per heavy atom. The van der Waals surface area contributed by atoms with Gasteiger partial charge < -0.3 is 19.6 Å². The van der Waals surface area contributed by atoms with Crippen molar-refractivity contribution in [3.63, 3.8) is 0 Å². The number of aromatic nitrogens is 1. The van der Waals surface area contributed by atoms with Crippen molar-refractivity contribution >= 4 is 11.9 Å². The fourth-order valence-electron chi connectivity index (χ4n) is 3.50. The molecule has 1 aromatic rings. The third kappa shape index (κ3) is 3.05. The molecular formula is C17H24FN3O3. The van der Waals surface area contributed by atoms with Crippen molar-refractivity contribution in [1.29, 1.82) is 0 Å². The maximum absolute atomic E-state index is 13.9. The molecule has 3 rings (SSSR count).